The van der Waals surface area contributed by atoms with Gasteiger partial charge < -0.3 is 10.0 Å². The summed E-state index contributed by atoms with van der Waals surface area (Å²) in [5.74, 6) is -0.464. The summed E-state index contributed by atoms with van der Waals surface area (Å²) < 4.78 is 13.8. The van der Waals surface area contributed by atoms with Crippen LogP contribution in [-0.4, -0.2) is 17.1 Å². The van der Waals surface area contributed by atoms with Gasteiger partial charge in [-0.25, -0.2) is 4.39 Å². The third-order valence-electron chi connectivity index (χ3n) is 3.25. The van der Waals surface area contributed by atoms with Gasteiger partial charge in [0.2, 0.25) is 0 Å². The number of halogens is 1. The van der Waals surface area contributed by atoms with Crippen LogP contribution in [0.5, 0.6) is 0 Å². The minimum absolute atomic E-state index is 0.181. The molecule has 0 aliphatic heterocycles. The van der Waals surface area contributed by atoms with E-state index in [1.807, 2.05) is 0 Å². The molecule has 2 aromatic carbocycles. The molecule has 0 radical (unpaired) electrons. The second kappa shape index (κ2) is 5.88. The number of hydrogen-bond acceptors (Lipinski definition) is 4. The first-order chi connectivity index (χ1) is 9.91. The number of rotatable bonds is 4. The first-order valence-corrected chi connectivity index (χ1v) is 6.36. The number of nitro benzene ring substituents is 1. The van der Waals surface area contributed by atoms with Crippen molar-refractivity contribution in [2.45, 2.75) is 13.0 Å². The van der Waals surface area contributed by atoms with Crippen molar-refractivity contribution in [3.8, 4) is 0 Å². The van der Waals surface area contributed by atoms with Crippen molar-refractivity contribution >= 4 is 17.1 Å². The number of aliphatic hydroxyl groups excluding tert-OH is 1. The molecule has 21 heavy (non-hydrogen) atoms. The van der Waals surface area contributed by atoms with Gasteiger partial charge in [-0.3, -0.25) is 10.1 Å². The Morgan fingerprint density at radius 2 is 1.90 bits per heavy atom. The number of nitrogens with zero attached hydrogens (tertiary/aromatic N) is 2. The van der Waals surface area contributed by atoms with Gasteiger partial charge in [-0.2, -0.15) is 0 Å². The maximum absolute atomic E-state index is 13.8. The highest BCUT2D eigenvalue weighted by molar-refractivity contribution is 5.72. The van der Waals surface area contributed by atoms with Crippen LogP contribution >= 0.6 is 0 Å². The summed E-state index contributed by atoms with van der Waals surface area (Å²) in [5.41, 5.74) is 0.756. The molecule has 0 aliphatic carbocycles. The molecule has 110 valence electrons. The molecule has 0 saturated carbocycles. The molecule has 0 aliphatic rings. The van der Waals surface area contributed by atoms with Gasteiger partial charge in [-0.05, 0) is 30.7 Å². The molecule has 5 nitrogen and oxygen atoms in total. The second-order valence-corrected chi connectivity index (χ2v) is 4.69. The van der Waals surface area contributed by atoms with Gasteiger partial charge >= 0.3 is 0 Å². The van der Waals surface area contributed by atoms with Crippen LogP contribution in [0.15, 0.2) is 42.5 Å². The largest absolute Gasteiger partial charge is 0.389 e. The lowest BCUT2D eigenvalue weighted by atomic mass is 10.1. The second-order valence-electron chi connectivity index (χ2n) is 4.69. The first-order valence-electron chi connectivity index (χ1n) is 6.36. The third kappa shape index (κ3) is 3.00. The number of anilines is 2. The Balaban J connectivity index is 2.53. The molecule has 1 N–H and O–H groups in total. The average Bonchev–Trinajstić information content (AvgIpc) is 2.46. The summed E-state index contributed by atoms with van der Waals surface area (Å²) in [4.78, 5) is 12.1. The highest BCUT2D eigenvalue weighted by Gasteiger charge is 2.21. The fourth-order valence-electron chi connectivity index (χ4n) is 2.08. The topological polar surface area (TPSA) is 66.6 Å². The van der Waals surface area contributed by atoms with Crippen molar-refractivity contribution in [1.82, 2.24) is 0 Å². The molecular formula is C15H15FN2O3. The lowest BCUT2D eigenvalue weighted by molar-refractivity contribution is -0.384. The summed E-state index contributed by atoms with van der Waals surface area (Å²) >= 11 is 0. The highest BCUT2D eigenvalue weighted by atomic mass is 19.1. The smallest absolute Gasteiger partial charge is 0.293 e. The van der Waals surface area contributed by atoms with Crippen molar-refractivity contribution in [2.75, 3.05) is 11.9 Å². The Bertz CT molecular complexity index is 674. The van der Waals surface area contributed by atoms with Gasteiger partial charge in [0.15, 0.2) is 0 Å². The fraction of sp³-hybridized carbons (Fsp3) is 0.200. The first kappa shape index (κ1) is 14.9. The molecule has 0 aromatic heterocycles. The van der Waals surface area contributed by atoms with E-state index < -0.39 is 16.8 Å². The van der Waals surface area contributed by atoms with Gasteiger partial charge in [-0.1, -0.05) is 18.2 Å². The normalized spacial score (nSPS) is 12.0. The van der Waals surface area contributed by atoms with E-state index >= 15 is 0 Å². The Labute approximate surface area is 121 Å². The van der Waals surface area contributed by atoms with E-state index in [2.05, 4.69) is 0 Å². The molecule has 0 amide bonds. The average molecular weight is 290 g/mol. The van der Waals surface area contributed by atoms with E-state index in [1.165, 1.54) is 30.0 Å². The number of aliphatic hydroxyl groups is 1. The van der Waals surface area contributed by atoms with Gasteiger partial charge in [0.1, 0.15) is 11.5 Å². The van der Waals surface area contributed by atoms with Crippen LogP contribution < -0.4 is 4.90 Å². The Morgan fingerprint density at radius 3 is 2.48 bits per heavy atom. The number of nitro groups is 1. The quantitative estimate of drug-likeness (QED) is 0.690. The van der Waals surface area contributed by atoms with Crippen molar-refractivity contribution < 1.29 is 14.4 Å². The van der Waals surface area contributed by atoms with Crippen molar-refractivity contribution in [3.63, 3.8) is 0 Å². The third-order valence-corrected chi connectivity index (χ3v) is 3.25. The lowest BCUT2D eigenvalue weighted by Crippen LogP contribution is -2.13. The van der Waals surface area contributed by atoms with Crippen LogP contribution in [-0.2, 0) is 0 Å². The molecular weight excluding hydrogens is 275 g/mol. The number of para-hydroxylation sites is 1. The summed E-state index contributed by atoms with van der Waals surface area (Å²) in [6.07, 6.45) is -0.809. The molecule has 0 bridgehead atoms. The van der Waals surface area contributed by atoms with Gasteiger partial charge in [0, 0.05) is 13.1 Å². The van der Waals surface area contributed by atoms with Crippen LogP contribution in [0.3, 0.4) is 0 Å². The van der Waals surface area contributed by atoms with Crippen molar-refractivity contribution in [1.29, 1.82) is 0 Å². The molecule has 2 aromatic rings. The monoisotopic (exact) mass is 290 g/mol. The summed E-state index contributed by atoms with van der Waals surface area (Å²) in [5, 5.41) is 20.7. The van der Waals surface area contributed by atoms with Crippen LogP contribution in [0.4, 0.5) is 21.5 Å². The molecule has 1 atom stereocenters. The Morgan fingerprint density at radius 1 is 1.24 bits per heavy atom. The van der Waals surface area contributed by atoms with Gasteiger partial charge in [0.25, 0.3) is 5.69 Å². The van der Waals surface area contributed by atoms with Gasteiger partial charge in [0.05, 0.1) is 16.7 Å². The zero-order valence-electron chi connectivity index (χ0n) is 11.7. The molecule has 0 fully saturated rings. The molecule has 0 heterocycles. The van der Waals surface area contributed by atoms with E-state index in [4.69, 9.17) is 0 Å². The van der Waals surface area contributed by atoms with E-state index in [0.29, 0.717) is 5.56 Å². The standard InChI is InChI=1S/C15H15FN2O3/c1-10(19)11-7-8-14(15(9-11)18(20)21)17(2)13-6-4-3-5-12(13)16/h3-10,19H,1-2H3. The molecule has 1 unspecified atom stereocenters. The minimum Gasteiger partial charge on any atom is -0.389 e. The van der Waals surface area contributed by atoms with Crippen LogP contribution in [0.25, 0.3) is 0 Å². The minimum atomic E-state index is -0.809. The van der Waals surface area contributed by atoms with E-state index in [-0.39, 0.29) is 17.1 Å². The zero-order valence-corrected chi connectivity index (χ0v) is 11.7. The lowest BCUT2D eigenvalue weighted by Gasteiger charge is -2.20. The predicted octanol–water partition coefficient (Wildman–Crippen LogP) is 3.56. The van der Waals surface area contributed by atoms with E-state index in [1.54, 1.807) is 31.3 Å². The van der Waals surface area contributed by atoms with Crippen LogP contribution in [0.2, 0.25) is 0 Å². The molecule has 2 rings (SSSR count). The Hall–Kier alpha value is -2.47. The van der Waals surface area contributed by atoms with Crippen LogP contribution in [0.1, 0.15) is 18.6 Å². The SMILES string of the molecule is CC(O)c1ccc(N(C)c2ccccc2F)c([N+](=O)[O-])c1. The molecule has 6 heteroatoms. The van der Waals surface area contributed by atoms with Gasteiger partial charge in [-0.15, -0.1) is 0 Å². The number of benzene rings is 2. The van der Waals surface area contributed by atoms with E-state index in [0.717, 1.165) is 0 Å². The summed E-state index contributed by atoms with van der Waals surface area (Å²) in [6.45, 7) is 1.53. The van der Waals surface area contributed by atoms with E-state index in [9.17, 15) is 19.6 Å². The number of hydrogen-bond donors (Lipinski definition) is 1. The van der Waals surface area contributed by atoms with Crippen molar-refractivity contribution in [2.24, 2.45) is 0 Å². The maximum Gasteiger partial charge on any atom is 0.293 e. The summed E-state index contributed by atoms with van der Waals surface area (Å²) in [6, 6.07) is 10.4. The Kier molecular flexibility index (Phi) is 4.18. The zero-order chi connectivity index (χ0) is 15.6. The summed E-state index contributed by atoms with van der Waals surface area (Å²) in [7, 11) is 1.56. The predicted molar refractivity (Wildman–Crippen MR) is 78.2 cm³/mol. The highest BCUT2D eigenvalue weighted by Crippen LogP contribution is 2.35. The van der Waals surface area contributed by atoms with Crippen LogP contribution in [0, 0.1) is 15.9 Å². The molecule has 0 saturated heterocycles. The maximum atomic E-state index is 13.8. The molecule has 0 spiro atoms. The fourth-order valence-corrected chi connectivity index (χ4v) is 2.08. The van der Waals surface area contributed by atoms with Crippen molar-refractivity contribution in [3.05, 3.63) is 64.0 Å².